The molecule has 1 aromatic rings. The summed E-state index contributed by atoms with van der Waals surface area (Å²) in [5, 5.41) is 6.24. The number of aliphatic imine (C=N–C) groups is 1. The SMILES string of the molecule is CCNC(=NCCCS(=O)(=O)Cc1ccccc1)NC(C)CCS(C)(=O)=O.I. The van der Waals surface area contributed by atoms with E-state index in [-0.39, 0.29) is 47.3 Å². The molecule has 28 heavy (non-hydrogen) atoms. The van der Waals surface area contributed by atoms with Crippen LogP contribution < -0.4 is 10.6 Å². The Morgan fingerprint density at radius 3 is 2.32 bits per heavy atom. The molecule has 1 unspecified atom stereocenters. The molecule has 2 N–H and O–H groups in total. The van der Waals surface area contributed by atoms with E-state index in [2.05, 4.69) is 15.6 Å². The van der Waals surface area contributed by atoms with Gasteiger partial charge < -0.3 is 10.6 Å². The van der Waals surface area contributed by atoms with E-state index in [4.69, 9.17) is 0 Å². The van der Waals surface area contributed by atoms with Gasteiger partial charge in [-0.25, -0.2) is 16.8 Å². The highest BCUT2D eigenvalue weighted by Gasteiger charge is 2.12. The van der Waals surface area contributed by atoms with E-state index in [9.17, 15) is 16.8 Å². The van der Waals surface area contributed by atoms with Gasteiger partial charge in [0.25, 0.3) is 0 Å². The molecule has 1 atom stereocenters. The Bertz CT molecular complexity index is 797. The Labute approximate surface area is 186 Å². The van der Waals surface area contributed by atoms with Crippen LogP contribution in [0.25, 0.3) is 0 Å². The molecule has 0 heterocycles. The van der Waals surface area contributed by atoms with Crippen molar-refractivity contribution in [2.75, 3.05) is 30.9 Å². The molecule has 162 valence electrons. The molecule has 0 aliphatic heterocycles. The van der Waals surface area contributed by atoms with Gasteiger partial charge >= 0.3 is 0 Å². The number of nitrogens with one attached hydrogen (secondary N) is 2. The van der Waals surface area contributed by atoms with E-state index in [1.54, 1.807) is 12.1 Å². The lowest BCUT2D eigenvalue weighted by Gasteiger charge is -2.17. The molecule has 10 heteroatoms. The maximum absolute atomic E-state index is 12.2. The number of sulfone groups is 2. The third kappa shape index (κ3) is 13.3. The molecule has 0 aliphatic carbocycles. The first-order valence-corrected chi connectivity index (χ1v) is 13.0. The van der Waals surface area contributed by atoms with Crippen molar-refractivity contribution in [2.24, 2.45) is 4.99 Å². The summed E-state index contributed by atoms with van der Waals surface area (Å²) in [6.07, 6.45) is 2.13. The number of hydrogen-bond donors (Lipinski definition) is 2. The second-order valence-corrected chi connectivity index (χ2v) is 11.1. The summed E-state index contributed by atoms with van der Waals surface area (Å²) in [5.74, 6) is 0.796. The van der Waals surface area contributed by atoms with Gasteiger partial charge in [-0.15, -0.1) is 24.0 Å². The van der Waals surface area contributed by atoms with Crippen molar-refractivity contribution in [2.45, 2.75) is 38.5 Å². The van der Waals surface area contributed by atoms with Crippen molar-refractivity contribution in [3.63, 3.8) is 0 Å². The first-order chi connectivity index (χ1) is 12.6. The molecule has 1 aromatic carbocycles. The Hall–Kier alpha value is -0.880. The van der Waals surface area contributed by atoms with Crippen molar-refractivity contribution in [3.8, 4) is 0 Å². The van der Waals surface area contributed by atoms with Crippen LogP contribution in [0.5, 0.6) is 0 Å². The van der Waals surface area contributed by atoms with Crippen LogP contribution in [0.1, 0.15) is 32.3 Å². The third-order valence-corrected chi connectivity index (χ3v) is 6.42. The van der Waals surface area contributed by atoms with Crippen molar-refractivity contribution >= 4 is 49.6 Å². The topological polar surface area (TPSA) is 105 Å². The molecule has 0 aromatic heterocycles. The van der Waals surface area contributed by atoms with E-state index in [0.717, 1.165) is 5.56 Å². The van der Waals surface area contributed by atoms with Crippen LogP contribution in [-0.4, -0.2) is 59.7 Å². The predicted molar refractivity (Wildman–Crippen MR) is 127 cm³/mol. The van der Waals surface area contributed by atoms with Crippen LogP contribution >= 0.6 is 24.0 Å². The molecule has 0 spiro atoms. The summed E-state index contributed by atoms with van der Waals surface area (Å²) in [6, 6.07) is 9.07. The minimum absolute atomic E-state index is 0. The van der Waals surface area contributed by atoms with Crippen LogP contribution in [-0.2, 0) is 25.4 Å². The first kappa shape index (κ1) is 27.1. The van der Waals surface area contributed by atoms with Crippen LogP contribution in [0.4, 0.5) is 0 Å². The smallest absolute Gasteiger partial charge is 0.191 e. The van der Waals surface area contributed by atoms with Crippen LogP contribution in [0, 0.1) is 0 Å². The molecule has 0 aliphatic rings. The third-order valence-electron chi connectivity index (χ3n) is 3.76. The maximum Gasteiger partial charge on any atom is 0.191 e. The van der Waals surface area contributed by atoms with E-state index < -0.39 is 19.7 Å². The molecular weight excluding hydrogens is 513 g/mol. The molecule has 7 nitrogen and oxygen atoms in total. The van der Waals surface area contributed by atoms with Gasteiger partial charge in [0.1, 0.15) is 9.84 Å². The van der Waals surface area contributed by atoms with Crippen LogP contribution in [0.15, 0.2) is 35.3 Å². The number of halogens is 1. The summed E-state index contributed by atoms with van der Waals surface area (Å²) in [5.41, 5.74) is 0.788. The summed E-state index contributed by atoms with van der Waals surface area (Å²) < 4.78 is 46.9. The van der Waals surface area contributed by atoms with Gasteiger partial charge in [0.2, 0.25) is 0 Å². The Morgan fingerprint density at radius 2 is 1.75 bits per heavy atom. The Morgan fingerprint density at radius 1 is 1.11 bits per heavy atom. The second kappa shape index (κ2) is 13.4. The standard InChI is InChI=1S/C18H31N3O4S2.HI/c1-4-19-18(21-16(2)11-14-26(3,22)23)20-12-8-13-27(24,25)15-17-9-6-5-7-10-17;/h5-7,9-10,16H,4,8,11-15H2,1-3H3,(H2,19,20,21);1H. The summed E-state index contributed by atoms with van der Waals surface area (Å²) in [4.78, 5) is 4.39. The number of benzene rings is 1. The molecule has 0 saturated heterocycles. The number of guanidine groups is 1. The lowest BCUT2D eigenvalue weighted by Crippen LogP contribution is -2.43. The van der Waals surface area contributed by atoms with Gasteiger partial charge in [-0.3, -0.25) is 4.99 Å². The first-order valence-electron chi connectivity index (χ1n) is 9.08. The zero-order valence-electron chi connectivity index (χ0n) is 16.7. The number of nitrogens with zero attached hydrogens (tertiary/aromatic N) is 1. The van der Waals surface area contributed by atoms with E-state index >= 15 is 0 Å². The van der Waals surface area contributed by atoms with E-state index in [1.807, 2.05) is 32.0 Å². The zero-order chi connectivity index (χ0) is 20.3. The monoisotopic (exact) mass is 545 g/mol. The van der Waals surface area contributed by atoms with Gasteiger partial charge in [-0.2, -0.15) is 0 Å². The number of hydrogen-bond acceptors (Lipinski definition) is 5. The van der Waals surface area contributed by atoms with Crippen molar-refractivity contribution in [3.05, 3.63) is 35.9 Å². The fraction of sp³-hybridized carbons (Fsp3) is 0.611. The molecule has 0 saturated carbocycles. The summed E-state index contributed by atoms with van der Waals surface area (Å²) >= 11 is 0. The minimum atomic E-state index is -3.17. The normalized spacial score (nSPS) is 13.5. The largest absolute Gasteiger partial charge is 0.357 e. The van der Waals surface area contributed by atoms with E-state index in [1.165, 1.54) is 6.26 Å². The Balaban J connectivity index is 0.00000729. The minimum Gasteiger partial charge on any atom is -0.357 e. The Kier molecular flexibility index (Phi) is 12.9. The van der Waals surface area contributed by atoms with Crippen molar-refractivity contribution in [1.29, 1.82) is 0 Å². The predicted octanol–water partition coefficient (Wildman–Crippen LogP) is 1.99. The molecule has 0 radical (unpaired) electrons. The molecule has 1 rings (SSSR count). The lowest BCUT2D eigenvalue weighted by atomic mass is 10.2. The van der Waals surface area contributed by atoms with Crippen LogP contribution in [0.3, 0.4) is 0 Å². The highest BCUT2D eigenvalue weighted by molar-refractivity contribution is 14.0. The summed E-state index contributed by atoms with van der Waals surface area (Å²) in [6.45, 7) is 4.87. The van der Waals surface area contributed by atoms with Crippen molar-refractivity contribution in [1.82, 2.24) is 10.6 Å². The average Bonchev–Trinajstić information content (AvgIpc) is 2.57. The lowest BCUT2D eigenvalue weighted by molar-refractivity contribution is 0.581. The fourth-order valence-corrected chi connectivity index (χ4v) is 4.59. The highest BCUT2D eigenvalue weighted by atomic mass is 127. The van der Waals surface area contributed by atoms with Gasteiger partial charge in [-0.1, -0.05) is 30.3 Å². The average molecular weight is 546 g/mol. The van der Waals surface area contributed by atoms with Gasteiger partial charge in [0.15, 0.2) is 15.8 Å². The quantitative estimate of drug-likeness (QED) is 0.191. The maximum atomic E-state index is 12.2. The fourth-order valence-electron chi connectivity index (χ4n) is 2.39. The molecular formula is C18H32IN3O4S2. The van der Waals surface area contributed by atoms with E-state index in [0.29, 0.717) is 31.9 Å². The van der Waals surface area contributed by atoms with Crippen LogP contribution in [0.2, 0.25) is 0 Å². The second-order valence-electron chi connectivity index (χ2n) is 6.66. The van der Waals surface area contributed by atoms with Gasteiger partial charge in [0, 0.05) is 25.4 Å². The molecule has 0 amide bonds. The molecule has 0 bridgehead atoms. The highest BCUT2D eigenvalue weighted by Crippen LogP contribution is 2.07. The summed E-state index contributed by atoms with van der Waals surface area (Å²) in [7, 11) is -6.17. The zero-order valence-corrected chi connectivity index (χ0v) is 20.7. The van der Waals surface area contributed by atoms with Gasteiger partial charge in [-0.05, 0) is 32.3 Å². The van der Waals surface area contributed by atoms with Crippen molar-refractivity contribution < 1.29 is 16.8 Å². The van der Waals surface area contributed by atoms with Gasteiger partial charge in [0.05, 0.1) is 17.3 Å². The molecule has 0 fully saturated rings. The number of rotatable bonds is 11.